The SMILES string of the molecule is NNC(Cc1ccnc(N)c1)c1cccs1. The molecule has 2 aromatic heterocycles. The fraction of sp³-hybridized carbons (Fsp3) is 0.182. The molecule has 0 spiro atoms. The summed E-state index contributed by atoms with van der Waals surface area (Å²) in [4.78, 5) is 5.18. The van der Waals surface area contributed by atoms with Gasteiger partial charge in [-0.05, 0) is 35.6 Å². The van der Waals surface area contributed by atoms with Crippen LogP contribution in [0.2, 0.25) is 0 Å². The van der Waals surface area contributed by atoms with E-state index in [1.165, 1.54) is 4.88 Å². The normalized spacial score (nSPS) is 12.6. The predicted octanol–water partition coefficient (Wildman–Crippen LogP) is 1.47. The highest BCUT2D eigenvalue weighted by atomic mass is 32.1. The molecular formula is C11H14N4S. The van der Waals surface area contributed by atoms with Crippen molar-refractivity contribution in [2.24, 2.45) is 5.84 Å². The molecule has 2 heterocycles. The summed E-state index contributed by atoms with van der Waals surface area (Å²) >= 11 is 1.69. The van der Waals surface area contributed by atoms with Crippen molar-refractivity contribution in [1.82, 2.24) is 10.4 Å². The van der Waals surface area contributed by atoms with Crippen molar-refractivity contribution >= 4 is 17.2 Å². The van der Waals surface area contributed by atoms with Crippen molar-refractivity contribution in [1.29, 1.82) is 0 Å². The van der Waals surface area contributed by atoms with Gasteiger partial charge in [-0.2, -0.15) is 0 Å². The van der Waals surface area contributed by atoms with Gasteiger partial charge in [0.1, 0.15) is 5.82 Å². The Morgan fingerprint density at radius 3 is 2.94 bits per heavy atom. The van der Waals surface area contributed by atoms with Gasteiger partial charge in [0.05, 0.1) is 6.04 Å². The first-order chi connectivity index (χ1) is 7.79. The number of nitrogen functional groups attached to an aromatic ring is 1. The van der Waals surface area contributed by atoms with Gasteiger partial charge in [-0.1, -0.05) is 6.07 Å². The van der Waals surface area contributed by atoms with Crippen molar-refractivity contribution in [2.45, 2.75) is 12.5 Å². The van der Waals surface area contributed by atoms with Gasteiger partial charge in [-0.15, -0.1) is 11.3 Å². The number of anilines is 1. The molecule has 5 heteroatoms. The summed E-state index contributed by atoms with van der Waals surface area (Å²) in [6, 6.07) is 8.04. The van der Waals surface area contributed by atoms with E-state index in [9.17, 15) is 0 Å². The van der Waals surface area contributed by atoms with E-state index >= 15 is 0 Å². The molecule has 4 nitrogen and oxygen atoms in total. The lowest BCUT2D eigenvalue weighted by molar-refractivity contribution is 0.560. The van der Waals surface area contributed by atoms with Gasteiger partial charge < -0.3 is 5.73 Å². The van der Waals surface area contributed by atoms with Gasteiger partial charge in [-0.3, -0.25) is 11.3 Å². The molecule has 0 aliphatic rings. The largest absolute Gasteiger partial charge is 0.384 e. The summed E-state index contributed by atoms with van der Waals surface area (Å²) in [6.07, 6.45) is 2.52. The molecule has 2 aromatic rings. The van der Waals surface area contributed by atoms with Crippen LogP contribution in [0.1, 0.15) is 16.5 Å². The number of pyridine rings is 1. The molecule has 0 saturated carbocycles. The molecule has 0 bridgehead atoms. The molecule has 5 N–H and O–H groups in total. The van der Waals surface area contributed by atoms with Gasteiger partial charge in [-0.25, -0.2) is 4.98 Å². The highest BCUT2D eigenvalue weighted by Crippen LogP contribution is 2.22. The molecule has 84 valence electrons. The molecule has 0 fully saturated rings. The number of nitrogens with zero attached hydrogens (tertiary/aromatic N) is 1. The van der Waals surface area contributed by atoms with Crippen molar-refractivity contribution < 1.29 is 0 Å². The summed E-state index contributed by atoms with van der Waals surface area (Å²) in [5.74, 6) is 6.10. The monoisotopic (exact) mass is 234 g/mol. The zero-order valence-corrected chi connectivity index (χ0v) is 9.58. The Labute approximate surface area is 98.3 Å². The smallest absolute Gasteiger partial charge is 0.123 e. The Balaban J connectivity index is 2.13. The van der Waals surface area contributed by atoms with Crippen LogP contribution in [0.25, 0.3) is 0 Å². The third-order valence-electron chi connectivity index (χ3n) is 2.37. The second kappa shape index (κ2) is 5.07. The van der Waals surface area contributed by atoms with E-state index in [0.717, 1.165) is 12.0 Å². The minimum Gasteiger partial charge on any atom is -0.384 e. The summed E-state index contributed by atoms with van der Waals surface area (Å²) in [6.45, 7) is 0. The van der Waals surface area contributed by atoms with E-state index in [0.29, 0.717) is 5.82 Å². The number of nitrogens with two attached hydrogens (primary N) is 2. The Bertz CT molecular complexity index is 441. The summed E-state index contributed by atoms with van der Waals surface area (Å²) in [7, 11) is 0. The van der Waals surface area contributed by atoms with Gasteiger partial charge in [0.15, 0.2) is 0 Å². The average molecular weight is 234 g/mol. The highest BCUT2D eigenvalue weighted by Gasteiger charge is 2.11. The number of nitrogens with one attached hydrogen (secondary N) is 1. The lowest BCUT2D eigenvalue weighted by Gasteiger charge is -2.14. The minimum atomic E-state index is 0.127. The number of hydrogen-bond acceptors (Lipinski definition) is 5. The standard InChI is InChI=1S/C11H14N4S/c12-11-7-8(3-4-14-11)6-9(15-13)10-2-1-5-16-10/h1-5,7,9,15H,6,13H2,(H2,12,14). The van der Waals surface area contributed by atoms with Crippen LogP contribution in [-0.4, -0.2) is 4.98 Å². The van der Waals surface area contributed by atoms with Crippen molar-refractivity contribution in [3.05, 3.63) is 46.3 Å². The Hall–Kier alpha value is -1.43. The second-order valence-corrected chi connectivity index (χ2v) is 4.51. The molecule has 0 radical (unpaired) electrons. The molecule has 0 aliphatic carbocycles. The summed E-state index contributed by atoms with van der Waals surface area (Å²) in [5.41, 5.74) is 9.58. The van der Waals surface area contributed by atoms with Crippen LogP contribution < -0.4 is 17.0 Å². The van der Waals surface area contributed by atoms with E-state index < -0.39 is 0 Å². The summed E-state index contributed by atoms with van der Waals surface area (Å²) < 4.78 is 0. The number of thiophene rings is 1. The van der Waals surface area contributed by atoms with E-state index in [1.54, 1.807) is 17.5 Å². The molecule has 16 heavy (non-hydrogen) atoms. The molecular weight excluding hydrogens is 220 g/mol. The average Bonchev–Trinajstić information content (AvgIpc) is 2.79. The minimum absolute atomic E-state index is 0.127. The molecule has 1 atom stereocenters. The zero-order chi connectivity index (χ0) is 11.4. The maximum Gasteiger partial charge on any atom is 0.123 e. The number of aromatic nitrogens is 1. The lowest BCUT2D eigenvalue weighted by atomic mass is 10.1. The molecule has 1 unspecified atom stereocenters. The number of rotatable bonds is 4. The van der Waals surface area contributed by atoms with Crippen LogP contribution in [0.4, 0.5) is 5.82 Å². The molecule has 0 aliphatic heterocycles. The van der Waals surface area contributed by atoms with Crippen molar-refractivity contribution in [3.8, 4) is 0 Å². The first kappa shape index (κ1) is 11.1. The third-order valence-corrected chi connectivity index (χ3v) is 3.36. The van der Waals surface area contributed by atoms with E-state index in [4.69, 9.17) is 11.6 Å². The van der Waals surface area contributed by atoms with Crippen LogP contribution in [0.15, 0.2) is 35.8 Å². The fourth-order valence-corrected chi connectivity index (χ4v) is 2.38. The molecule has 2 rings (SSSR count). The fourth-order valence-electron chi connectivity index (χ4n) is 1.59. The first-order valence-corrected chi connectivity index (χ1v) is 5.87. The number of hydrazine groups is 1. The maximum atomic E-state index is 5.63. The van der Waals surface area contributed by atoms with Gasteiger partial charge >= 0.3 is 0 Å². The van der Waals surface area contributed by atoms with Gasteiger partial charge in [0.2, 0.25) is 0 Å². The highest BCUT2D eigenvalue weighted by molar-refractivity contribution is 7.10. The summed E-state index contributed by atoms with van der Waals surface area (Å²) in [5, 5.41) is 2.04. The Kier molecular flexibility index (Phi) is 3.51. The number of hydrogen-bond donors (Lipinski definition) is 3. The van der Waals surface area contributed by atoms with E-state index in [1.807, 2.05) is 23.6 Å². The maximum absolute atomic E-state index is 5.63. The second-order valence-electron chi connectivity index (χ2n) is 3.53. The van der Waals surface area contributed by atoms with Crippen molar-refractivity contribution in [2.75, 3.05) is 5.73 Å². The lowest BCUT2D eigenvalue weighted by Crippen LogP contribution is -2.28. The molecule has 0 amide bonds. The van der Waals surface area contributed by atoms with Crippen LogP contribution >= 0.6 is 11.3 Å². The quantitative estimate of drug-likeness (QED) is 0.553. The van der Waals surface area contributed by atoms with Crippen LogP contribution in [-0.2, 0) is 6.42 Å². The van der Waals surface area contributed by atoms with E-state index in [-0.39, 0.29) is 6.04 Å². The molecule has 0 saturated heterocycles. The van der Waals surface area contributed by atoms with Crippen LogP contribution in [0.5, 0.6) is 0 Å². The van der Waals surface area contributed by atoms with Gasteiger partial charge in [0.25, 0.3) is 0 Å². The third kappa shape index (κ3) is 2.57. The van der Waals surface area contributed by atoms with E-state index in [2.05, 4.69) is 16.5 Å². The van der Waals surface area contributed by atoms with Crippen molar-refractivity contribution in [3.63, 3.8) is 0 Å². The molecule has 0 aromatic carbocycles. The zero-order valence-electron chi connectivity index (χ0n) is 8.76. The van der Waals surface area contributed by atoms with Crippen LogP contribution in [0, 0.1) is 0 Å². The Morgan fingerprint density at radius 2 is 2.31 bits per heavy atom. The van der Waals surface area contributed by atoms with Gasteiger partial charge in [0, 0.05) is 11.1 Å². The Morgan fingerprint density at radius 1 is 1.44 bits per heavy atom. The van der Waals surface area contributed by atoms with Crippen LogP contribution in [0.3, 0.4) is 0 Å². The topological polar surface area (TPSA) is 77.0 Å². The first-order valence-electron chi connectivity index (χ1n) is 4.99. The predicted molar refractivity (Wildman–Crippen MR) is 66.7 cm³/mol.